The molecule has 0 saturated carbocycles. The Labute approximate surface area is 123 Å². The zero-order valence-electron chi connectivity index (χ0n) is 11.9. The van der Waals surface area contributed by atoms with Gasteiger partial charge >= 0.3 is 0 Å². The zero-order chi connectivity index (χ0) is 14.8. The first-order chi connectivity index (χ1) is 10.2. The van der Waals surface area contributed by atoms with Crippen molar-refractivity contribution in [1.29, 1.82) is 0 Å². The Morgan fingerprint density at radius 3 is 3.00 bits per heavy atom. The van der Waals surface area contributed by atoms with Gasteiger partial charge in [0.15, 0.2) is 0 Å². The van der Waals surface area contributed by atoms with E-state index in [0.29, 0.717) is 6.42 Å². The van der Waals surface area contributed by atoms with Gasteiger partial charge in [-0.25, -0.2) is 0 Å². The largest absolute Gasteiger partial charge is 0.343 e. The van der Waals surface area contributed by atoms with E-state index in [9.17, 15) is 9.59 Å². The molecular weight excluding hydrogens is 266 g/mol. The summed E-state index contributed by atoms with van der Waals surface area (Å²) in [6, 6.07) is 7.16. The third kappa shape index (κ3) is 2.46. The highest BCUT2D eigenvalue weighted by molar-refractivity contribution is 6.11. The molecule has 1 atom stereocenters. The smallest absolute Gasteiger partial charge is 0.250 e. The molecule has 0 spiro atoms. The Morgan fingerprint density at radius 2 is 2.19 bits per heavy atom. The van der Waals surface area contributed by atoms with E-state index in [4.69, 9.17) is 0 Å². The molecule has 0 bridgehead atoms. The summed E-state index contributed by atoms with van der Waals surface area (Å²) in [5, 5.41) is 4.67. The number of nitrogens with one attached hydrogen (secondary N) is 1. The average Bonchev–Trinajstić information content (AvgIpc) is 2.50. The summed E-state index contributed by atoms with van der Waals surface area (Å²) < 4.78 is 0. The van der Waals surface area contributed by atoms with Gasteiger partial charge in [-0.05, 0) is 18.6 Å². The Bertz CT molecular complexity index is 693. The molecular formula is C16H17N3O2. The van der Waals surface area contributed by atoms with E-state index in [0.717, 1.165) is 22.9 Å². The topological polar surface area (TPSA) is 62.3 Å². The average molecular weight is 283 g/mol. The highest BCUT2D eigenvalue weighted by atomic mass is 16.2. The number of piperazine rings is 1. The van der Waals surface area contributed by atoms with Gasteiger partial charge in [0.1, 0.15) is 12.6 Å². The highest BCUT2D eigenvalue weighted by Crippen LogP contribution is 2.27. The number of fused-ring (bicyclic) bond motifs is 1. The molecule has 2 amide bonds. The molecule has 1 aromatic heterocycles. The second-order valence-electron chi connectivity index (χ2n) is 5.21. The van der Waals surface area contributed by atoms with Crippen LogP contribution in [0.2, 0.25) is 0 Å². The molecule has 5 heteroatoms. The third-order valence-electron chi connectivity index (χ3n) is 3.73. The molecule has 1 aliphatic heterocycles. The minimum atomic E-state index is -0.423. The summed E-state index contributed by atoms with van der Waals surface area (Å²) in [6.45, 7) is 2.07. The number of nitrogens with zero attached hydrogens (tertiary/aromatic N) is 2. The van der Waals surface area contributed by atoms with Gasteiger partial charge in [-0.3, -0.25) is 14.6 Å². The van der Waals surface area contributed by atoms with Crippen LogP contribution in [0, 0.1) is 0 Å². The van der Waals surface area contributed by atoms with Crippen LogP contribution >= 0.6 is 0 Å². The van der Waals surface area contributed by atoms with E-state index in [1.807, 2.05) is 31.2 Å². The van der Waals surface area contributed by atoms with E-state index >= 15 is 0 Å². The van der Waals surface area contributed by atoms with Crippen LogP contribution in [0.5, 0.6) is 0 Å². The molecule has 2 aromatic rings. The van der Waals surface area contributed by atoms with E-state index in [1.54, 1.807) is 17.3 Å². The molecule has 1 aliphatic rings. The van der Waals surface area contributed by atoms with Gasteiger partial charge in [-0.15, -0.1) is 0 Å². The maximum atomic E-state index is 12.6. The number of anilines is 1. The third-order valence-corrected chi connectivity index (χ3v) is 3.73. The van der Waals surface area contributed by atoms with Crippen molar-refractivity contribution in [2.75, 3.05) is 11.4 Å². The maximum Gasteiger partial charge on any atom is 0.250 e. The van der Waals surface area contributed by atoms with Crippen LogP contribution in [0.3, 0.4) is 0 Å². The van der Waals surface area contributed by atoms with Crippen molar-refractivity contribution in [3.63, 3.8) is 0 Å². The van der Waals surface area contributed by atoms with Crippen LogP contribution in [-0.4, -0.2) is 29.4 Å². The molecule has 1 unspecified atom stereocenters. The van der Waals surface area contributed by atoms with Crippen LogP contribution in [-0.2, 0) is 9.59 Å². The van der Waals surface area contributed by atoms with Crippen molar-refractivity contribution in [2.45, 2.75) is 25.8 Å². The number of hydrogen-bond donors (Lipinski definition) is 1. The number of benzene rings is 1. The summed E-state index contributed by atoms with van der Waals surface area (Å²) in [4.78, 5) is 30.2. The molecule has 0 radical (unpaired) electrons. The summed E-state index contributed by atoms with van der Waals surface area (Å²) in [6.07, 6.45) is 4.97. The Hall–Kier alpha value is -2.43. The number of carbonyl (C=O) groups is 2. The highest BCUT2D eigenvalue weighted by Gasteiger charge is 2.33. The first kappa shape index (κ1) is 13.5. The van der Waals surface area contributed by atoms with Crippen molar-refractivity contribution < 1.29 is 9.59 Å². The van der Waals surface area contributed by atoms with Crippen LogP contribution in [0.1, 0.15) is 19.8 Å². The Balaban J connectivity index is 2.04. The lowest BCUT2D eigenvalue weighted by atomic mass is 10.1. The fraction of sp³-hybridized carbons (Fsp3) is 0.312. The van der Waals surface area contributed by atoms with Crippen molar-refractivity contribution in [3.05, 3.63) is 36.7 Å². The molecule has 5 nitrogen and oxygen atoms in total. The number of rotatable bonds is 3. The summed E-state index contributed by atoms with van der Waals surface area (Å²) in [5.74, 6) is -0.153. The summed E-state index contributed by atoms with van der Waals surface area (Å²) in [5.41, 5.74) is 0.774. The van der Waals surface area contributed by atoms with Crippen molar-refractivity contribution >= 4 is 28.3 Å². The second-order valence-corrected chi connectivity index (χ2v) is 5.21. The Morgan fingerprint density at radius 1 is 1.33 bits per heavy atom. The van der Waals surface area contributed by atoms with Crippen LogP contribution in [0.15, 0.2) is 36.7 Å². The monoisotopic (exact) mass is 283 g/mol. The van der Waals surface area contributed by atoms with E-state index in [1.165, 1.54) is 0 Å². The molecule has 1 saturated heterocycles. The van der Waals surface area contributed by atoms with Gasteiger partial charge in [0.25, 0.3) is 0 Å². The lowest BCUT2D eigenvalue weighted by Gasteiger charge is -2.33. The number of pyridine rings is 1. The van der Waals surface area contributed by atoms with Gasteiger partial charge in [0.05, 0.1) is 5.69 Å². The summed E-state index contributed by atoms with van der Waals surface area (Å²) in [7, 11) is 0. The first-order valence-corrected chi connectivity index (χ1v) is 7.14. The fourth-order valence-electron chi connectivity index (χ4n) is 2.74. The molecule has 21 heavy (non-hydrogen) atoms. The van der Waals surface area contributed by atoms with Crippen LogP contribution in [0.4, 0.5) is 5.69 Å². The van der Waals surface area contributed by atoms with Gasteiger partial charge < -0.3 is 10.2 Å². The SMILES string of the molecule is CCCC1NC(=O)CN(c2cccc3cnccc23)C1=O. The molecule has 1 aromatic carbocycles. The quantitative estimate of drug-likeness (QED) is 0.935. The van der Waals surface area contributed by atoms with Crippen molar-refractivity contribution in [1.82, 2.24) is 10.3 Å². The van der Waals surface area contributed by atoms with E-state index in [2.05, 4.69) is 10.3 Å². The minimum absolute atomic E-state index is 0.0410. The van der Waals surface area contributed by atoms with Gasteiger partial charge in [-0.2, -0.15) is 0 Å². The number of amides is 2. The zero-order valence-corrected chi connectivity index (χ0v) is 11.9. The van der Waals surface area contributed by atoms with Crippen molar-refractivity contribution in [2.24, 2.45) is 0 Å². The van der Waals surface area contributed by atoms with Gasteiger partial charge in [-0.1, -0.05) is 25.5 Å². The molecule has 2 heterocycles. The Kier molecular flexibility index (Phi) is 3.56. The maximum absolute atomic E-state index is 12.6. The normalized spacial score (nSPS) is 18.9. The number of aromatic nitrogens is 1. The molecule has 108 valence electrons. The predicted molar refractivity (Wildman–Crippen MR) is 80.9 cm³/mol. The van der Waals surface area contributed by atoms with E-state index < -0.39 is 6.04 Å². The summed E-state index contributed by atoms with van der Waals surface area (Å²) >= 11 is 0. The number of hydrogen-bond acceptors (Lipinski definition) is 3. The number of carbonyl (C=O) groups excluding carboxylic acids is 2. The van der Waals surface area contributed by atoms with Gasteiger partial charge in [0, 0.05) is 23.2 Å². The lowest BCUT2D eigenvalue weighted by Crippen LogP contribution is -2.58. The molecule has 0 aliphatic carbocycles. The van der Waals surface area contributed by atoms with Crippen LogP contribution in [0.25, 0.3) is 10.8 Å². The fourth-order valence-corrected chi connectivity index (χ4v) is 2.74. The van der Waals surface area contributed by atoms with E-state index in [-0.39, 0.29) is 18.4 Å². The van der Waals surface area contributed by atoms with Crippen LogP contribution < -0.4 is 10.2 Å². The van der Waals surface area contributed by atoms with Gasteiger partial charge in [0.2, 0.25) is 11.8 Å². The standard InChI is InChI=1S/C16H17N3O2/c1-2-4-13-16(21)19(10-15(20)18-13)14-6-3-5-11-9-17-8-7-12(11)14/h3,5-9,13H,2,4,10H2,1H3,(H,18,20). The molecule has 3 rings (SSSR count). The second kappa shape index (κ2) is 5.52. The lowest BCUT2D eigenvalue weighted by molar-refractivity contribution is -0.131. The predicted octanol–water partition coefficient (Wildman–Crippen LogP) is 1.87. The molecule has 1 N–H and O–H groups in total. The molecule has 1 fully saturated rings. The first-order valence-electron chi connectivity index (χ1n) is 7.14. The minimum Gasteiger partial charge on any atom is -0.343 e. The van der Waals surface area contributed by atoms with Crippen molar-refractivity contribution in [3.8, 4) is 0 Å².